The van der Waals surface area contributed by atoms with Gasteiger partial charge in [0.15, 0.2) is 0 Å². The second-order valence-electron chi connectivity index (χ2n) is 4.77. The lowest BCUT2D eigenvalue weighted by atomic mass is 10.0. The molecule has 0 aromatic heterocycles. The molecule has 0 atom stereocenters. The number of rotatable bonds is 2. The van der Waals surface area contributed by atoms with Crippen LogP contribution >= 0.6 is 15.9 Å². The van der Waals surface area contributed by atoms with Gasteiger partial charge in [0.25, 0.3) is 0 Å². The molecule has 3 nitrogen and oxygen atoms in total. The second kappa shape index (κ2) is 7.99. The van der Waals surface area contributed by atoms with E-state index in [-0.39, 0.29) is 11.5 Å². The molecule has 0 saturated carbocycles. The molecule has 0 heterocycles. The predicted molar refractivity (Wildman–Crippen MR) is 96.6 cm³/mol. The van der Waals surface area contributed by atoms with Crippen molar-refractivity contribution in [1.29, 1.82) is 0 Å². The SMILES string of the molecule is CC.CC(=Nc1cc(O)cc(Br)c1C)c1ccc(O)cc1C. The second-order valence-corrected chi connectivity index (χ2v) is 5.62. The highest BCUT2D eigenvalue weighted by molar-refractivity contribution is 9.10. The first kappa shape index (κ1) is 18.2. The minimum Gasteiger partial charge on any atom is -0.508 e. The molecule has 118 valence electrons. The molecule has 4 heteroatoms. The first-order valence-electron chi connectivity index (χ1n) is 7.23. The minimum atomic E-state index is 0.177. The van der Waals surface area contributed by atoms with E-state index < -0.39 is 0 Å². The number of benzene rings is 2. The molecule has 0 aliphatic heterocycles. The molecule has 0 fully saturated rings. The van der Waals surface area contributed by atoms with Crippen LogP contribution in [-0.2, 0) is 0 Å². The summed E-state index contributed by atoms with van der Waals surface area (Å²) in [6, 6.07) is 8.48. The number of hydrogen-bond donors (Lipinski definition) is 2. The van der Waals surface area contributed by atoms with Gasteiger partial charge in [-0.25, -0.2) is 0 Å². The van der Waals surface area contributed by atoms with Crippen molar-refractivity contribution in [2.75, 3.05) is 0 Å². The smallest absolute Gasteiger partial charge is 0.118 e. The van der Waals surface area contributed by atoms with E-state index in [9.17, 15) is 10.2 Å². The van der Waals surface area contributed by atoms with Crippen molar-refractivity contribution in [1.82, 2.24) is 0 Å². The summed E-state index contributed by atoms with van der Waals surface area (Å²) in [5, 5.41) is 19.1. The van der Waals surface area contributed by atoms with Crippen LogP contribution in [0.1, 0.15) is 37.5 Å². The molecule has 0 aliphatic carbocycles. The maximum atomic E-state index is 9.66. The fraction of sp³-hybridized carbons (Fsp3) is 0.278. The van der Waals surface area contributed by atoms with E-state index in [1.54, 1.807) is 24.3 Å². The predicted octanol–water partition coefficient (Wildman–Crippen LogP) is 5.64. The van der Waals surface area contributed by atoms with Gasteiger partial charge in [-0.15, -0.1) is 0 Å². The zero-order chi connectivity index (χ0) is 16.9. The van der Waals surface area contributed by atoms with Crippen molar-refractivity contribution in [3.05, 3.63) is 51.5 Å². The van der Waals surface area contributed by atoms with Crippen molar-refractivity contribution < 1.29 is 10.2 Å². The maximum Gasteiger partial charge on any atom is 0.118 e. The Labute approximate surface area is 140 Å². The van der Waals surface area contributed by atoms with Crippen LogP contribution in [0.2, 0.25) is 0 Å². The lowest BCUT2D eigenvalue weighted by Gasteiger charge is -2.09. The molecule has 2 aromatic carbocycles. The number of phenols is 2. The molecule has 0 spiro atoms. The third-order valence-corrected chi connectivity index (χ3v) is 4.01. The van der Waals surface area contributed by atoms with Gasteiger partial charge >= 0.3 is 0 Å². The van der Waals surface area contributed by atoms with E-state index >= 15 is 0 Å². The molecule has 2 N–H and O–H groups in total. The van der Waals surface area contributed by atoms with Crippen LogP contribution in [0.4, 0.5) is 5.69 Å². The van der Waals surface area contributed by atoms with Gasteiger partial charge in [-0.3, -0.25) is 4.99 Å². The standard InChI is InChI=1S/C16H16BrNO2.C2H6/c1-9-6-12(19)4-5-14(9)11(3)18-16-8-13(20)7-15(17)10(16)2;1-2/h4-8,19-20H,1-3H3;1-2H3. The molecule has 2 rings (SSSR count). The van der Waals surface area contributed by atoms with Gasteiger partial charge < -0.3 is 10.2 Å². The summed E-state index contributed by atoms with van der Waals surface area (Å²) >= 11 is 3.40. The van der Waals surface area contributed by atoms with Crippen LogP contribution in [0.5, 0.6) is 11.5 Å². The molecular weight excluding hydrogens is 342 g/mol. The third-order valence-electron chi connectivity index (χ3n) is 3.19. The first-order chi connectivity index (χ1) is 10.4. The summed E-state index contributed by atoms with van der Waals surface area (Å²) in [5.41, 5.74) is 4.47. The number of aryl methyl sites for hydroxylation is 1. The van der Waals surface area contributed by atoms with Crippen molar-refractivity contribution in [3.63, 3.8) is 0 Å². The summed E-state index contributed by atoms with van der Waals surface area (Å²) in [4.78, 5) is 4.59. The van der Waals surface area contributed by atoms with Crippen LogP contribution in [0.25, 0.3) is 0 Å². The molecule has 0 saturated heterocycles. The summed E-state index contributed by atoms with van der Waals surface area (Å²) in [6.45, 7) is 9.79. The number of hydrogen-bond acceptors (Lipinski definition) is 3. The number of nitrogens with zero attached hydrogens (tertiary/aromatic N) is 1. The minimum absolute atomic E-state index is 0.177. The largest absolute Gasteiger partial charge is 0.508 e. The quantitative estimate of drug-likeness (QED) is 0.677. The van der Waals surface area contributed by atoms with E-state index in [1.807, 2.05) is 40.7 Å². The zero-order valence-electron chi connectivity index (χ0n) is 13.6. The van der Waals surface area contributed by atoms with Crippen LogP contribution in [-0.4, -0.2) is 15.9 Å². The van der Waals surface area contributed by atoms with Gasteiger partial charge in [0.05, 0.1) is 5.69 Å². The molecule has 0 bridgehead atoms. The monoisotopic (exact) mass is 363 g/mol. The first-order valence-corrected chi connectivity index (χ1v) is 8.02. The molecule has 0 aliphatic rings. The van der Waals surface area contributed by atoms with Gasteiger partial charge in [0.2, 0.25) is 0 Å². The summed E-state index contributed by atoms with van der Waals surface area (Å²) in [6.07, 6.45) is 0. The van der Waals surface area contributed by atoms with E-state index in [4.69, 9.17) is 0 Å². The highest BCUT2D eigenvalue weighted by Crippen LogP contribution is 2.32. The van der Waals surface area contributed by atoms with E-state index in [1.165, 1.54) is 0 Å². The number of aliphatic imine (C=N–C) groups is 1. The van der Waals surface area contributed by atoms with Crippen molar-refractivity contribution in [2.24, 2.45) is 4.99 Å². The molecular formula is C18H22BrNO2. The number of halogens is 1. The van der Waals surface area contributed by atoms with Gasteiger partial charge in [-0.1, -0.05) is 29.8 Å². The number of aromatic hydroxyl groups is 2. The Bertz CT molecular complexity index is 694. The van der Waals surface area contributed by atoms with E-state index in [0.717, 1.165) is 32.6 Å². The normalized spacial score (nSPS) is 10.9. The lowest BCUT2D eigenvalue weighted by Crippen LogP contribution is -1.97. The topological polar surface area (TPSA) is 52.8 Å². The molecule has 0 radical (unpaired) electrons. The summed E-state index contributed by atoms with van der Waals surface area (Å²) in [5.74, 6) is 0.423. The highest BCUT2D eigenvalue weighted by atomic mass is 79.9. The third kappa shape index (κ3) is 4.34. The van der Waals surface area contributed by atoms with Crippen molar-refractivity contribution in [2.45, 2.75) is 34.6 Å². The van der Waals surface area contributed by atoms with Crippen LogP contribution in [0, 0.1) is 13.8 Å². The Balaban J connectivity index is 0.00000116. The van der Waals surface area contributed by atoms with E-state index in [0.29, 0.717) is 0 Å². The maximum absolute atomic E-state index is 9.66. The summed E-state index contributed by atoms with van der Waals surface area (Å²) in [7, 11) is 0. The van der Waals surface area contributed by atoms with Crippen molar-refractivity contribution in [3.8, 4) is 11.5 Å². The van der Waals surface area contributed by atoms with Crippen LogP contribution in [0.15, 0.2) is 39.8 Å². The van der Waals surface area contributed by atoms with Gasteiger partial charge in [0, 0.05) is 16.3 Å². The average molecular weight is 364 g/mol. The van der Waals surface area contributed by atoms with Crippen LogP contribution in [0.3, 0.4) is 0 Å². The Morgan fingerprint density at radius 2 is 1.64 bits per heavy atom. The Hall–Kier alpha value is -1.81. The Kier molecular flexibility index (Phi) is 6.62. The Morgan fingerprint density at radius 3 is 2.23 bits per heavy atom. The fourth-order valence-electron chi connectivity index (χ4n) is 2.06. The zero-order valence-corrected chi connectivity index (χ0v) is 15.2. The number of phenolic OH excluding ortho intramolecular Hbond substituents is 2. The van der Waals surface area contributed by atoms with Crippen molar-refractivity contribution >= 4 is 27.3 Å². The molecule has 22 heavy (non-hydrogen) atoms. The summed E-state index contributed by atoms with van der Waals surface area (Å²) < 4.78 is 0.825. The van der Waals surface area contributed by atoms with Crippen LogP contribution < -0.4 is 0 Å². The highest BCUT2D eigenvalue weighted by Gasteiger charge is 2.07. The lowest BCUT2D eigenvalue weighted by molar-refractivity contribution is 0.474. The van der Waals surface area contributed by atoms with Gasteiger partial charge in [-0.2, -0.15) is 0 Å². The molecule has 0 unspecified atom stereocenters. The van der Waals surface area contributed by atoms with E-state index in [2.05, 4.69) is 20.9 Å². The average Bonchev–Trinajstić information content (AvgIpc) is 2.46. The molecule has 0 amide bonds. The van der Waals surface area contributed by atoms with Gasteiger partial charge in [-0.05, 0) is 61.7 Å². The molecule has 2 aromatic rings. The Morgan fingerprint density at radius 1 is 1.00 bits per heavy atom. The fourth-order valence-corrected chi connectivity index (χ4v) is 2.50. The van der Waals surface area contributed by atoms with Gasteiger partial charge in [0.1, 0.15) is 11.5 Å².